The highest BCUT2D eigenvalue weighted by Gasteiger charge is 2.74. The number of hydrogen-bond donors (Lipinski definition) is 1. The zero-order chi connectivity index (χ0) is 24.0. The maximum atomic E-state index is 13.8. The second-order valence-corrected chi connectivity index (χ2v) is 10.8. The summed E-state index contributed by atoms with van der Waals surface area (Å²) < 4.78 is 4.96. The number of carbonyl (C=O) groups excluding carboxylic acids is 3. The number of ether oxygens (including phenoxy) is 1. The van der Waals surface area contributed by atoms with Crippen LogP contribution in [0.5, 0.6) is 0 Å². The van der Waals surface area contributed by atoms with Crippen LogP contribution in [0.4, 0.5) is 0 Å². The zero-order valence-corrected chi connectivity index (χ0v) is 20.6. The molecule has 3 saturated heterocycles. The SMILES string of the molecule is C=CCCCCOC(=O)[C@@H]1[C@H]2C(=O)N(CCO)C(C(=O)N(CC=C)CCCC)C23CC[C@H]1S3. The van der Waals surface area contributed by atoms with Crippen LogP contribution in [0.3, 0.4) is 0 Å². The normalized spacial score (nSPS) is 29.8. The first kappa shape index (κ1) is 25.8. The lowest BCUT2D eigenvalue weighted by Gasteiger charge is -2.37. The van der Waals surface area contributed by atoms with Crippen molar-refractivity contribution in [1.29, 1.82) is 0 Å². The predicted molar refractivity (Wildman–Crippen MR) is 130 cm³/mol. The number of unbranched alkanes of at least 4 members (excludes halogenated alkanes) is 3. The molecule has 0 radical (unpaired) electrons. The van der Waals surface area contributed by atoms with Gasteiger partial charge in [0.15, 0.2) is 0 Å². The molecule has 1 N–H and O–H groups in total. The van der Waals surface area contributed by atoms with Gasteiger partial charge in [0.25, 0.3) is 0 Å². The number of amides is 2. The van der Waals surface area contributed by atoms with Gasteiger partial charge in [-0.2, -0.15) is 0 Å². The minimum atomic E-state index is -0.667. The molecule has 7 nitrogen and oxygen atoms in total. The third-order valence-electron chi connectivity index (χ3n) is 7.14. The molecule has 184 valence electrons. The number of nitrogens with zero attached hydrogens (tertiary/aromatic N) is 2. The number of β-amino-alcohol motifs (C(OH)–C–C–N with tert-alkyl or cyclic N) is 1. The second kappa shape index (κ2) is 11.6. The van der Waals surface area contributed by atoms with Crippen molar-refractivity contribution in [2.24, 2.45) is 11.8 Å². The number of aliphatic hydroxyl groups is 1. The van der Waals surface area contributed by atoms with Crippen LogP contribution in [0, 0.1) is 11.8 Å². The average molecular weight is 479 g/mol. The molecular formula is C25H38N2O5S. The molecule has 2 bridgehead atoms. The Labute approximate surface area is 201 Å². The Bertz CT molecular complexity index is 759. The van der Waals surface area contributed by atoms with Crippen LogP contribution in [-0.2, 0) is 19.1 Å². The fourth-order valence-electron chi connectivity index (χ4n) is 5.68. The first-order valence-corrected chi connectivity index (χ1v) is 13.1. The summed E-state index contributed by atoms with van der Waals surface area (Å²) in [6.45, 7) is 10.8. The van der Waals surface area contributed by atoms with E-state index in [0.29, 0.717) is 19.7 Å². The second-order valence-electron chi connectivity index (χ2n) is 9.19. The van der Waals surface area contributed by atoms with E-state index in [1.165, 1.54) is 4.90 Å². The van der Waals surface area contributed by atoms with Gasteiger partial charge in [-0.15, -0.1) is 24.9 Å². The van der Waals surface area contributed by atoms with Gasteiger partial charge in [-0.05, 0) is 38.5 Å². The van der Waals surface area contributed by atoms with Crippen LogP contribution in [0.25, 0.3) is 0 Å². The van der Waals surface area contributed by atoms with E-state index in [9.17, 15) is 19.5 Å². The van der Waals surface area contributed by atoms with E-state index in [0.717, 1.165) is 44.9 Å². The molecule has 5 atom stereocenters. The Balaban J connectivity index is 1.84. The Morgan fingerprint density at radius 2 is 2.09 bits per heavy atom. The fraction of sp³-hybridized carbons (Fsp3) is 0.720. The maximum Gasteiger partial charge on any atom is 0.310 e. The Morgan fingerprint density at radius 3 is 2.76 bits per heavy atom. The van der Waals surface area contributed by atoms with Crippen molar-refractivity contribution in [1.82, 2.24) is 9.80 Å². The number of allylic oxidation sites excluding steroid dienone is 1. The Kier molecular flexibility index (Phi) is 9.04. The molecule has 0 aromatic rings. The summed E-state index contributed by atoms with van der Waals surface area (Å²) in [5.74, 6) is -1.71. The summed E-state index contributed by atoms with van der Waals surface area (Å²) in [7, 11) is 0. The van der Waals surface area contributed by atoms with Gasteiger partial charge >= 0.3 is 5.97 Å². The van der Waals surface area contributed by atoms with Gasteiger partial charge in [0, 0.05) is 24.9 Å². The number of aliphatic hydroxyl groups excluding tert-OH is 1. The van der Waals surface area contributed by atoms with Crippen molar-refractivity contribution in [3.63, 3.8) is 0 Å². The molecule has 0 aliphatic carbocycles. The lowest BCUT2D eigenvalue weighted by atomic mass is 9.71. The molecular weight excluding hydrogens is 440 g/mol. The van der Waals surface area contributed by atoms with E-state index in [2.05, 4.69) is 20.1 Å². The molecule has 3 heterocycles. The zero-order valence-electron chi connectivity index (χ0n) is 19.7. The molecule has 8 heteroatoms. The van der Waals surface area contributed by atoms with Crippen molar-refractivity contribution in [2.75, 3.05) is 32.8 Å². The van der Waals surface area contributed by atoms with E-state index >= 15 is 0 Å². The average Bonchev–Trinajstić information content (AvgIpc) is 3.44. The highest BCUT2D eigenvalue weighted by molar-refractivity contribution is 8.02. The van der Waals surface area contributed by atoms with E-state index < -0.39 is 22.6 Å². The highest BCUT2D eigenvalue weighted by Crippen LogP contribution is 2.66. The van der Waals surface area contributed by atoms with Crippen LogP contribution < -0.4 is 0 Å². The summed E-state index contributed by atoms with van der Waals surface area (Å²) in [6.07, 6.45) is 9.43. The summed E-state index contributed by atoms with van der Waals surface area (Å²) in [4.78, 5) is 43.8. The van der Waals surface area contributed by atoms with Crippen molar-refractivity contribution in [3.8, 4) is 0 Å². The first-order valence-electron chi connectivity index (χ1n) is 12.2. The van der Waals surface area contributed by atoms with Crippen LogP contribution in [0.2, 0.25) is 0 Å². The fourth-order valence-corrected chi connectivity index (χ4v) is 7.88. The smallest absolute Gasteiger partial charge is 0.310 e. The van der Waals surface area contributed by atoms with Gasteiger partial charge in [0.1, 0.15) is 6.04 Å². The van der Waals surface area contributed by atoms with E-state index in [4.69, 9.17) is 4.74 Å². The lowest BCUT2D eigenvalue weighted by molar-refractivity contribution is -0.154. The van der Waals surface area contributed by atoms with Gasteiger partial charge in [0.2, 0.25) is 11.8 Å². The summed E-state index contributed by atoms with van der Waals surface area (Å²) in [6, 6.07) is -0.667. The number of hydrogen-bond acceptors (Lipinski definition) is 6. The van der Waals surface area contributed by atoms with Gasteiger partial charge < -0.3 is 19.6 Å². The van der Waals surface area contributed by atoms with Gasteiger partial charge in [-0.1, -0.05) is 25.5 Å². The summed E-state index contributed by atoms with van der Waals surface area (Å²) >= 11 is 1.63. The number of thioether (sulfide) groups is 1. The van der Waals surface area contributed by atoms with Crippen LogP contribution in [-0.4, -0.2) is 81.6 Å². The molecule has 33 heavy (non-hydrogen) atoms. The van der Waals surface area contributed by atoms with Gasteiger partial charge in [-0.25, -0.2) is 0 Å². The van der Waals surface area contributed by atoms with Crippen molar-refractivity contribution >= 4 is 29.5 Å². The topological polar surface area (TPSA) is 87.1 Å². The predicted octanol–water partition coefficient (Wildman–Crippen LogP) is 2.78. The third kappa shape index (κ3) is 4.87. The van der Waals surface area contributed by atoms with Crippen LogP contribution in [0.1, 0.15) is 51.9 Å². The van der Waals surface area contributed by atoms with E-state index in [-0.39, 0.29) is 36.2 Å². The standard InChI is InChI=1S/C25H38N2O5S/c1-4-7-9-10-17-32-24(31)19-18-11-12-25(33-18)20(19)22(29)27(15-16-28)21(25)23(30)26(13-6-3)14-8-5-2/h4,6,18-21,28H,1,3,5,7-17H2,2H3/t18-,19+,20+,21?,25?/m1/s1. The molecule has 2 unspecified atom stereocenters. The van der Waals surface area contributed by atoms with E-state index in [1.54, 1.807) is 22.7 Å². The maximum absolute atomic E-state index is 13.8. The van der Waals surface area contributed by atoms with Crippen LogP contribution >= 0.6 is 11.8 Å². The number of fused-ring (bicyclic) bond motifs is 1. The number of esters is 1. The van der Waals surface area contributed by atoms with Crippen molar-refractivity contribution in [3.05, 3.63) is 25.3 Å². The molecule has 3 aliphatic rings. The van der Waals surface area contributed by atoms with E-state index in [1.807, 2.05) is 6.08 Å². The summed E-state index contributed by atoms with van der Waals surface area (Å²) in [5, 5.41) is 9.67. The molecule has 3 fully saturated rings. The van der Waals surface area contributed by atoms with Gasteiger partial charge in [0.05, 0.1) is 29.8 Å². The molecule has 3 aliphatic heterocycles. The quantitative estimate of drug-likeness (QED) is 0.235. The summed E-state index contributed by atoms with van der Waals surface area (Å²) in [5.41, 5.74) is 0. The number of likely N-dealkylation sites (tertiary alicyclic amines) is 1. The minimum absolute atomic E-state index is 0.00491. The number of rotatable bonds is 14. The molecule has 0 aromatic carbocycles. The minimum Gasteiger partial charge on any atom is -0.465 e. The Hall–Kier alpha value is -1.80. The largest absolute Gasteiger partial charge is 0.465 e. The van der Waals surface area contributed by atoms with Crippen LogP contribution in [0.15, 0.2) is 25.3 Å². The van der Waals surface area contributed by atoms with Crippen molar-refractivity contribution in [2.45, 2.75) is 67.9 Å². The Morgan fingerprint density at radius 1 is 1.30 bits per heavy atom. The highest BCUT2D eigenvalue weighted by atomic mass is 32.2. The number of carbonyl (C=O) groups is 3. The third-order valence-corrected chi connectivity index (χ3v) is 9.09. The molecule has 0 aromatic heterocycles. The molecule has 2 amide bonds. The first-order chi connectivity index (χ1) is 16.0. The van der Waals surface area contributed by atoms with Gasteiger partial charge in [-0.3, -0.25) is 14.4 Å². The monoisotopic (exact) mass is 478 g/mol. The van der Waals surface area contributed by atoms with Crippen molar-refractivity contribution < 1.29 is 24.2 Å². The molecule has 3 rings (SSSR count). The molecule has 1 spiro atoms. The lowest BCUT2D eigenvalue weighted by Crippen LogP contribution is -2.55. The molecule has 0 saturated carbocycles.